The highest BCUT2D eigenvalue weighted by Gasteiger charge is 2.11. The van der Waals surface area contributed by atoms with Crippen LogP contribution in [0.4, 0.5) is 15.8 Å². The molecular formula is C16H17FN2O. The molecule has 1 amide bonds. The fraction of sp³-hybridized carbons (Fsp3) is 0.188. The summed E-state index contributed by atoms with van der Waals surface area (Å²) in [5.41, 5.74) is 1.91. The van der Waals surface area contributed by atoms with E-state index in [1.165, 1.54) is 24.3 Å². The van der Waals surface area contributed by atoms with E-state index in [1.54, 1.807) is 6.07 Å². The molecule has 2 N–H and O–H groups in total. The summed E-state index contributed by atoms with van der Waals surface area (Å²) in [6.45, 7) is 4.02. The van der Waals surface area contributed by atoms with Gasteiger partial charge in [-0.1, -0.05) is 12.1 Å². The Hall–Kier alpha value is -2.36. The molecule has 0 unspecified atom stereocenters. The lowest BCUT2D eigenvalue weighted by atomic mass is 10.1. The van der Waals surface area contributed by atoms with Crippen LogP contribution in [-0.2, 0) is 0 Å². The number of amides is 1. The number of benzene rings is 2. The first-order valence-electron chi connectivity index (χ1n) is 6.49. The molecule has 3 nitrogen and oxygen atoms in total. The number of rotatable bonds is 4. The van der Waals surface area contributed by atoms with E-state index in [-0.39, 0.29) is 17.8 Å². The molecule has 0 aliphatic rings. The van der Waals surface area contributed by atoms with E-state index in [0.29, 0.717) is 11.3 Å². The summed E-state index contributed by atoms with van der Waals surface area (Å²) in [6.07, 6.45) is 0. The molecule has 0 heterocycles. The van der Waals surface area contributed by atoms with Crippen molar-refractivity contribution in [3.05, 3.63) is 59.9 Å². The number of halogens is 1. The highest BCUT2D eigenvalue weighted by Crippen LogP contribution is 2.18. The zero-order valence-electron chi connectivity index (χ0n) is 11.5. The fourth-order valence-corrected chi connectivity index (χ4v) is 1.85. The van der Waals surface area contributed by atoms with Crippen LogP contribution in [0.2, 0.25) is 0 Å². The Morgan fingerprint density at radius 3 is 2.35 bits per heavy atom. The van der Waals surface area contributed by atoms with Crippen molar-refractivity contribution in [2.24, 2.45) is 0 Å². The van der Waals surface area contributed by atoms with Crippen LogP contribution in [0.5, 0.6) is 0 Å². The van der Waals surface area contributed by atoms with E-state index in [1.807, 2.05) is 32.0 Å². The van der Waals surface area contributed by atoms with Crippen molar-refractivity contribution in [2.75, 3.05) is 10.6 Å². The molecule has 0 saturated heterocycles. The van der Waals surface area contributed by atoms with E-state index in [2.05, 4.69) is 10.6 Å². The van der Waals surface area contributed by atoms with Gasteiger partial charge in [0.2, 0.25) is 0 Å². The van der Waals surface area contributed by atoms with Crippen molar-refractivity contribution in [3.63, 3.8) is 0 Å². The van der Waals surface area contributed by atoms with Gasteiger partial charge in [0.05, 0.1) is 5.56 Å². The second kappa shape index (κ2) is 6.19. The second-order valence-corrected chi connectivity index (χ2v) is 4.81. The maximum absolute atomic E-state index is 12.8. The molecule has 0 radical (unpaired) electrons. The number of hydrogen-bond acceptors (Lipinski definition) is 2. The number of carbonyl (C=O) groups excluding carboxylic acids is 1. The first-order valence-corrected chi connectivity index (χ1v) is 6.49. The van der Waals surface area contributed by atoms with Gasteiger partial charge in [-0.3, -0.25) is 4.79 Å². The summed E-state index contributed by atoms with van der Waals surface area (Å²) >= 11 is 0. The van der Waals surface area contributed by atoms with Gasteiger partial charge >= 0.3 is 0 Å². The Balaban J connectivity index is 2.18. The Kier molecular flexibility index (Phi) is 4.35. The Morgan fingerprint density at radius 2 is 1.70 bits per heavy atom. The van der Waals surface area contributed by atoms with Crippen LogP contribution in [0.1, 0.15) is 24.2 Å². The zero-order chi connectivity index (χ0) is 14.5. The molecule has 0 fully saturated rings. The normalized spacial score (nSPS) is 10.4. The summed E-state index contributed by atoms with van der Waals surface area (Å²) in [5, 5.41) is 5.98. The third-order valence-electron chi connectivity index (χ3n) is 2.72. The number of hydrogen-bond donors (Lipinski definition) is 2. The van der Waals surface area contributed by atoms with Gasteiger partial charge in [-0.05, 0) is 50.2 Å². The minimum absolute atomic E-state index is 0.222. The molecule has 0 aliphatic carbocycles. The molecule has 20 heavy (non-hydrogen) atoms. The third kappa shape index (κ3) is 3.57. The summed E-state index contributed by atoms with van der Waals surface area (Å²) in [7, 11) is 0. The molecule has 2 aromatic carbocycles. The number of para-hydroxylation sites is 1. The summed E-state index contributed by atoms with van der Waals surface area (Å²) < 4.78 is 12.8. The predicted octanol–water partition coefficient (Wildman–Crippen LogP) is 3.90. The van der Waals surface area contributed by atoms with Crippen molar-refractivity contribution in [1.82, 2.24) is 0 Å². The average molecular weight is 272 g/mol. The molecule has 0 saturated carbocycles. The zero-order valence-corrected chi connectivity index (χ0v) is 11.5. The topological polar surface area (TPSA) is 41.1 Å². The highest BCUT2D eigenvalue weighted by atomic mass is 19.1. The maximum Gasteiger partial charge on any atom is 0.257 e. The minimum atomic E-state index is -0.329. The smallest absolute Gasteiger partial charge is 0.257 e. The van der Waals surface area contributed by atoms with E-state index < -0.39 is 0 Å². The van der Waals surface area contributed by atoms with Gasteiger partial charge in [0.15, 0.2) is 0 Å². The summed E-state index contributed by atoms with van der Waals surface area (Å²) in [4.78, 5) is 12.3. The largest absolute Gasteiger partial charge is 0.382 e. The van der Waals surface area contributed by atoms with E-state index in [4.69, 9.17) is 0 Å². The number of anilines is 2. The van der Waals surface area contributed by atoms with Crippen molar-refractivity contribution in [2.45, 2.75) is 19.9 Å². The van der Waals surface area contributed by atoms with Crippen molar-refractivity contribution >= 4 is 17.3 Å². The lowest BCUT2D eigenvalue weighted by Gasteiger charge is -2.14. The third-order valence-corrected chi connectivity index (χ3v) is 2.72. The standard InChI is InChI=1S/C16H17FN2O/c1-11(2)18-15-6-4-3-5-14(15)16(20)19-13-9-7-12(17)8-10-13/h3-11,18H,1-2H3,(H,19,20). The predicted molar refractivity (Wildman–Crippen MR) is 79.6 cm³/mol. The van der Waals surface area contributed by atoms with Crippen LogP contribution in [0.25, 0.3) is 0 Å². The second-order valence-electron chi connectivity index (χ2n) is 4.81. The van der Waals surface area contributed by atoms with E-state index in [0.717, 1.165) is 5.69 Å². The quantitative estimate of drug-likeness (QED) is 0.886. The lowest BCUT2D eigenvalue weighted by Crippen LogP contribution is -2.17. The molecular weight excluding hydrogens is 255 g/mol. The molecule has 0 atom stereocenters. The number of nitrogens with one attached hydrogen (secondary N) is 2. The molecule has 2 aromatic rings. The van der Waals surface area contributed by atoms with Crippen LogP contribution < -0.4 is 10.6 Å². The van der Waals surface area contributed by atoms with E-state index in [9.17, 15) is 9.18 Å². The van der Waals surface area contributed by atoms with Gasteiger partial charge in [-0.15, -0.1) is 0 Å². The maximum atomic E-state index is 12.8. The average Bonchev–Trinajstić information content (AvgIpc) is 2.41. The Labute approximate surface area is 117 Å². The Bertz CT molecular complexity index is 594. The molecule has 0 aromatic heterocycles. The van der Waals surface area contributed by atoms with Crippen LogP contribution in [0.15, 0.2) is 48.5 Å². The molecule has 0 aliphatic heterocycles. The monoisotopic (exact) mass is 272 g/mol. The van der Waals surface area contributed by atoms with Gasteiger partial charge in [-0.25, -0.2) is 4.39 Å². The van der Waals surface area contributed by atoms with E-state index >= 15 is 0 Å². The summed E-state index contributed by atoms with van der Waals surface area (Å²) in [6, 6.07) is 13.2. The Morgan fingerprint density at radius 1 is 1.05 bits per heavy atom. The van der Waals surface area contributed by atoms with Crippen LogP contribution in [0, 0.1) is 5.82 Å². The van der Waals surface area contributed by atoms with Gasteiger partial charge in [0.1, 0.15) is 5.82 Å². The molecule has 2 rings (SSSR count). The van der Waals surface area contributed by atoms with Crippen molar-refractivity contribution in [1.29, 1.82) is 0 Å². The highest BCUT2D eigenvalue weighted by molar-refractivity contribution is 6.08. The van der Waals surface area contributed by atoms with Gasteiger partial charge in [0.25, 0.3) is 5.91 Å². The van der Waals surface area contributed by atoms with Crippen LogP contribution in [0.3, 0.4) is 0 Å². The SMILES string of the molecule is CC(C)Nc1ccccc1C(=O)Nc1ccc(F)cc1. The molecule has 0 bridgehead atoms. The van der Waals surface area contributed by atoms with Gasteiger partial charge in [0, 0.05) is 17.4 Å². The first-order chi connectivity index (χ1) is 9.56. The summed E-state index contributed by atoms with van der Waals surface area (Å²) in [5.74, 6) is -0.551. The minimum Gasteiger partial charge on any atom is -0.382 e. The molecule has 4 heteroatoms. The lowest BCUT2D eigenvalue weighted by molar-refractivity contribution is 0.102. The number of carbonyl (C=O) groups is 1. The van der Waals surface area contributed by atoms with Crippen molar-refractivity contribution in [3.8, 4) is 0 Å². The van der Waals surface area contributed by atoms with Gasteiger partial charge in [-0.2, -0.15) is 0 Å². The molecule has 0 spiro atoms. The molecule has 104 valence electrons. The van der Waals surface area contributed by atoms with Gasteiger partial charge < -0.3 is 10.6 Å². The van der Waals surface area contributed by atoms with Crippen LogP contribution >= 0.6 is 0 Å². The van der Waals surface area contributed by atoms with Crippen molar-refractivity contribution < 1.29 is 9.18 Å². The van der Waals surface area contributed by atoms with Crippen LogP contribution in [-0.4, -0.2) is 11.9 Å². The first kappa shape index (κ1) is 14.1. The fourth-order valence-electron chi connectivity index (χ4n) is 1.85.